The van der Waals surface area contributed by atoms with E-state index in [-0.39, 0.29) is 5.91 Å². The van der Waals surface area contributed by atoms with Crippen LogP contribution in [0.2, 0.25) is 5.15 Å². The summed E-state index contributed by atoms with van der Waals surface area (Å²) in [5, 5.41) is 15.4. The van der Waals surface area contributed by atoms with Crippen LogP contribution in [0.15, 0.2) is 11.6 Å². The van der Waals surface area contributed by atoms with Gasteiger partial charge in [-0.15, -0.1) is 10.2 Å². The molecule has 0 aliphatic rings. The molecule has 0 radical (unpaired) electrons. The van der Waals surface area contributed by atoms with Gasteiger partial charge < -0.3 is 0 Å². The number of hydrogen-bond acceptors (Lipinski definition) is 5. The smallest absolute Gasteiger partial charge is 0.250 e. The van der Waals surface area contributed by atoms with Crippen molar-refractivity contribution < 1.29 is 4.79 Å². The van der Waals surface area contributed by atoms with E-state index in [0.29, 0.717) is 16.2 Å². The Morgan fingerprint density at radius 2 is 2.33 bits per heavy atom. The first kappa shape index (κ1) is 15.7. The van der Waals surface area contributed by atoms with E-state index >= 15 is 0 Å². The fraction of sp³-hybridized carbons (Fsp3) is 0.385. The van der Waals surface area contributed by atoms with Gasteiger partial charge in [0.25, 0.3) is 0 Å². The maximum Gasteiger partial charge on any atom is 0.250 e. The van der Waals surface area contributed by atoms with E-state index in [1.165, 1.54) is 17.4 Å². The average molecular weight is 326 g/mol. The zero-order valence-electron chi connectivity index (χ0n) is 12.0. The van der Waals surface area contributed by atoms with E-state index in [4.69, 9.17) is 11.6 Å². The lowest BCUT2D eigenvalue weighted by Crippen LogP contribution is -2.07. The van der Waals surface area contributed by atoms with Gasteiger partial charge in [0.1, 0.15) is 10.7 Å². The van der Waals surface area contributed by atoms with Gasteiger partial charge in [-0.25, -0.2) is 0 Å². The van der Waals surface area contributed by atoms with Gasteiger partial charge in [-0.3, -0.25) is 14.8 Å². The Hall–Kier alpha value is -1.73. The van der Waals surface area contributed by atoms with Crippen molar-refractivity contribution in [3.05, 3.63) is 28.0 Å². The fourth-order valence-electron chi connectivity index (χ4n) is 1.76. The summed E-state index contributed by atoms with van der Waals surface area (Å²) in [6.07, 6.45) is 3.08. The minimum atomic E-state index is -0.279. The molecule has 0 bridgehead atoms. The topological polar surface area (TPSA) is 72.7 Å². The second-order valence-electron chi connectivity index (χ2n) is 4.93. The molecule has 0 saturated heterocycles. The lowest BCUT2D eigenvalue weighted by Gasteiger charge is -2.05. The van der Waals surface area contributed by atoms with E-state index in [2.05, 4.69) is 34.5 Å². The van der Waals surface area contributed by atoms with E-state index in [1.54, 1.807) is 16.3 Å². The molecule has 0 aromatic carbocycles. The lowest BCUT2D eigenvalue weighted by molar-refractivity contribution is -0.111. The molecule has 8 heteroatoms. The third-order valence-corrected chi connectivity index (χ3v) is 3.64. The Bertz CT molecular complexity index is 648. The number of amides is 1. The first-order valence-corrected chi connectivity index (χ1v) is 7.71. The van der Waals surface area contributed by atoms with Crippen LogP contribution in [0.1, 0.15) is 25.1 Å². The number of carbonyl (C=O) groups is 1. The average Bonchev–Trinajstić information content (AvgIpc) is 2.97. The Morgan fingerprint density at radius 3 is 2.95 bits per heavy atom. The number of nitrogens with zero attached hydrogens (tertiary/aromatic N) is 4. The van der Waals surface area contributed by atoms with Gasteiger partial charge in [0.05, 0.1) is 5.69 Å². The van der Waals surface area contributed by atoms with Crippen molar-refractivity contribution in [2.75, 3.05) is 5.32 Å². The third kappa shape index (κ3) is 4.12. The first-order chi connectivity index (χ1) is 9.97. The Kier molecular flexibility index (Phi) is 5.08. The summed E-state index contributed by atoms with van der Waals surface area (Å²) in [4.78, 5) is 11.8. The van der Waals surface area contributed by atoms with Crippen molar-refractivity contribution in [2.24, 2.45) is 5.92 Å². The van der Waals surface area contributed by atoms with E-state index in [9.17, 15) is 4.79 Å². The third-order valence-electron chi connectivity index (χ3n) is 2.64. The molecule has 1 amide bonds. The monoisotopic (exact) mass is 325 g/mol. The van der Waals surface area contributed by atoms with Crippen LogP contribution in [0.3, 0.4) is 0 Å². The van der Waals surface area contributed by atoms with Crippen LogP contribution in [0.4, 0.5) is 5.13 Å². The molecule has 0 saturated carbocycles. The molecular weight excluding hydrogens is 310 g/mol. The van der Waals surface area contributed by atoms with Crippen LogP contribution in [0.25, 0.3) is 6.08 Å². The molecule has 2 aromatic rings. The Labute approximate surface area is 131 Å². The van der Waals surface area contributed by atoms with Gasteiger partial charge in [0.2, 0.25) is 11.0 Å². The SMILES string of the molecule is Cc1nn(CC(C)C)c(Cl)c1/C=C/C(=O)Nc1nncs1. The molecule has 6 nitrogen and oxygen atoms in total. The molecular formula is C13H16ClN5OS. The quantitative estimate of drug-likeness (QED) is 0.858. The van der Waals surface area contributed by atoms with Crippen molar-refractivity contribution in [1.29, 1.82) is 0 Å². The van der Waals surface area contributed by atoms with Crippen LogP contribution >= 0.6 is 22.9 Å². The number of rotatable bonds is 5. The summed E-state index contributed by atoms with van der Waals surface area (Å²) >= 11 is 7.56. The summed E-state index contributed by atoms with van der Waals surface area (Å²) in [5.74, 6) is 0.165. The molecule has 1 N–H and O–H groups in total. The second kappa shape index (κ2) is 6.82. The normalized spacial score (nSPS) is 11.5. The van der Waals surface area contributed by atoms with Crippen LogP contribution in [-0.2, 0) is 11.3 Å². The predicted octanol–water partition coefficient (Wildman–Crippen LogP) is 3.00. The van der Waals surface area contributed by atoms with Crippen LogP contribution < -0.4 is 5.32 Å². The molecule has 2 heterocycles. The standard InChI is InChI=1S/C13H16ClN5OS/c1-8(2)6-19-12(14)10(9(3)18-19)4-5-11(20)16-13-17-15-7-21-13/h4-5,7-8H,6H2,1-3H3,(H,16,17,20)/b5-4+. The van der Waals surface area contributed by atoms with E-state index in [0.717, 1.165) is 17.8 Å². The highest BCUT2D eigenvalue weighted by atomic mass is 35.5. The number of carbonyl (C=O) groups excluding carboxylic acids is 1. The zero-order valence-corrected chi connectivity index (χ0v) is 13.6. The van der Waals surface area contributed by atoms with Crippen molar-refractivity contribution >= 4 is 40.1 Å². The number of hydrogen-bond donors (Lipinski definition) is 1. The summed E-state index contributed by atoms with van der Waals surface area (Å²) < 4.78 is 1.75. The van der Waals surface area contributed by atoms with Gasteiger partial charge in [-0.2, -0.15) is 5.10 Å². The summed E-state index contributed by atoms with van der Waals surface area (Å²) in [7, 11) is 0. The van der Waals surface area contributed by atoms with Crippen LogP contribution in [0, 0.1) is 12.8 Å². The second-order valence-corrected chi connectivity index (χ2v) is 6.12. The maximum absolute atomic E-state index is 11.8. The molecule has 0 unspecified atom stereocenters. The summed E-state index contributed by atoms with van der Waals surface area (Å²) in [5.41, 5.74) is 3.10. The predicted molar refractivity (Wildman–Crippen MR) is 84.4 cm³/mol. The molecule has 0 fully saturated rings. The number of aromatic nitrogens is 4. The highest BCUT2D eigenvalue weighted by molar-refractivity contribution is 7.13. The molecule has 2 rings (SSSR count). The number of halogens is 1. The zero-order chi connectivity index (χ0) is 15.4. The molecule has 21 heavy (non-hydrogen) atoms. The Balaban J connectivity index is 2.10. The molecule has 112 valence electrons. The highest BCUT2D eigenvalue weighted by Gasteiger charge is 2.12. The molecule has 0 aliphatic heterocycles. The highest BCUT2D eigenvalue weighted by Crippen LogP contribution is 2.22. The van der Waals surface area contributed by atoms with E-state index in [1.807, 2.05) is 6.92 Å². The minimum Gasteiger partial charge on any atom is -0.297 e. The Morgan fingerprint density at radius 1 is 1.57 bits per heavy atom. The molecule has 0 aliphatic carbocycles. The lowest BCUT2D eigenvalue weighted by atomic mass is 10.2. The van der Waals surface area contributed by atoms with Gasteiger partial charge in [0, 0.05) is 18.2 Å². The van der Waals surface area contributed by atoms with Gasteiger partial charge in [-0.05, 0) is 18.9 Å². The van der Waals surface area contributed by atoms with Gasteiger partial charge in [0.15, 0.2) is 0 Å². The van der Waals surface area contributed by atoms with Crippen LogP contribution in [-0.4, -0.2) is 25.9 Å². The number of nitrogens with one attached hydrogen (secondary N) is 1. The number of aryl methyl sites for hydroxylation is 1. The van der Waals surface area contributed by atoms with Gasteiger partial charge in [-0.1, -0.05) is 36.8 Å². The number of anilines is 1. The van der Waals surface area contributed by atoms with Gasteiger partial charge >= 0.3 is 0 Å². The fourth-order valence-corrected chi connectivity index (χ4v) is 2.51. The largest absolute Gasteiger partial charge is 0.297 e. The van der Waals surface area contributed by atoms with Crippen molar-refractivity contribution in [3.63, 3.8) is 0 Å². The molecule has 0 atom stereocenters. The van der Waals surface area contributed by atoms with E-state index < -0.39 is 0 Å². The van der Waals surface area contributed by atoms with Crippen LogP contribution in [0.5, 0.6) is 0 Å². The first-order valence-electron chi connectivity index (χ1n) is 6.45. The van der Waals surface area contributed by atoms with Crippen molar-refractivity contribution in [1.82, 2.24) is 20.0 Å². The maximum atomic E-state index is 11.8. The minimum absolute atomic E-state index is 0.279. The molecule has 2 aromatic heterocycles. The molecule has 0 spiro atoms. The van der Waals surface area contributed by atoms with Crippen molar-refractivity contribution in [2.45, 2.75) is 27.3 Å². The summed E-state index contributed by atoms with van der Waals surface area (Å²) in [6.45, 7) is 6.80. The van der Waals surface area contributed by atoms with Crippen molar-refractivity contribution in [3.8, 4) is 0 Å². The summed E-state index contributed by atoms with van der Waals surface area (Å²) in [6, 6.07) is 0.